The van der Waals surface area contributed by atoms with E-state index in [2.05, 4.69) is 20.8 Å². The number of allylic oxidation sites excluding steroid dienone is 2. The molecule has 26 heavy (non-hydrogen) atoms. The summed E-state index contributed by atoms with van der Waals surface area (Å²) in [4.78, 5) is 12.0. The van der Waals surface area contributed by atoms with Gasteiger partial charge in [-0.15, -0.1) is 0 Å². The molecule has 0 bridgehead atoms. The standard InChI is InChI=1S/C24H40O2/c1-5-17-15-18-16-19(25)9-10-20(18)21-11-13-24(3,12-7-8-14-26-4)22(6-2)23(17)21/h16-17,20-23H,5-15H2,1-4H3/t17?,20?,21?,22?,23?,24-/m0/s1. The monoisotopic (exact) mass is 360 g/mol. The molecule has 2 saturated carbocycles. The molecular formula is C24H40O2. The van der Waals surface area contributed by atoms with Crippen molar-refractivity contribution in [1.29, 1.82) is 0 Å². The Bertz CT molecular complexity index is 522. The van der Waals surface area contributed by atoms with Crippen molar-refractivity contribution < 1.29 is 9.53 Å². The Morgan fingerprint density at radius 2 is 2.00 bits per heavy atom. The summed E-state index contributed by atoms with van der Waals surface area (Å²) in [7, 11) is 1.82. The summed E-state index contributed by atoms with van der Waals surface area (Å²) < 4.78 is 5.27. The predicted octanol–water partition coefficient (Wildman–Crippen LogP) is 6.20. The number of hydrogen-bond donors (Lipinski definition) is 0. The summed E-state index contributed by atoms with van der Waals surface area (Å²) in [5.41, 5.74) is 2.02. The zero-order chi connectivity index (χ0) is 18.7. The smallest absolute Gasteiger partial charge is 0.155 e. The van der Waals surface area contributed by atoms with Gasteiger partial charge in [-0.3, -0.25) is 4.79 Å². The third-order valence-electron chi connectivity index (χ3n) is 8.30. The van der Waals surface area contributed by atoms with Crippen LogP contribution in [0.4, 0.5) is 0 Å². The van der Waals surface area contributed by atoms with Crippen LogP contribution in [0, 0.1) is 35.0 Å². The number of rotatable bonds is 7. The molecule has 3 aliphatic rings. The number of fused-ring (bicyclic) bond motifs is 3. The van der Waals surface area contributed by atoms with Crippen molar-refractivity contribution in [2.45, 2.75) is 85.0 Å². The lowest BCUT2D eigenvalue weighted by Crippen LogP contribution is -2.50. The van der Waals surface area contributed by atoms with Crippen molar-refractivity contribution in [2.75, 3.05) is 13.7 Å². The molecule has 0 saturated heterocycles. The SMILES string of the molecule is CCC1CC2=CC(=O)CCC2C2CC[C@](C)(CCCCOC)C(CC)C12. The van der Waals surface area contributed by atoms with Gasteiger partial charge >= 0.3 is 0 Å². The van der Waals surface area contributed by atoms with Crippen molar-refractivity contribution in [3.8, 4) is 0 Å². The van der Waals surface area contributed by atoms with E-state index in [0.29, 0.717) is 17.1 Å². The average Bonchev–Trinajstić information content (AvgIpc) is 2.64. The summed E-state index contributed by atoms with van der Waals surface area (Å²) in [6, 6.07) is 0. The Hall–Kier alpha value is -0.630. The number of methoxy groups -OCH3 is 1. The average molecular weight is 361 g/mol. The van der Waals surface area contributed by atoms with Crippen LogP contribution in [0.3, 0.4) is 0 Å². The molecule has 0 aromatic rings. The minimum Gasteiger partial charge on any atom is -0.385 e. The van der Waals surface area contributed by atoms with E-state index in [0.717, 1.165) is 43.1 Å². The van der Waals surface area contributed by atoms with Crippen LogP contribution in [0.5, 0.6) is 0 Å². The molecule has 0 amide bonds. The van der Waals surface area contributed by atoms with Crippen molar-refractivity contribution in [2.24, 2.45) is 35.0 Å². The van der Waals surface area contributed by atoms with E-state index in [9.17, 15) is 4.79 Å². The highest BCUT2D eigenvalue weighted by molar-refractivity contribution is 5.91. The van der Waals surface area contributed by atoms with Gasteiger partial charge in [0.15, 0.2) is 5.78 Å². The van der Waals surface area contributed by atoms with Crippen LogP contribution in [0.25, 0.3) is 0 Å². The number of unbranched alkanes of at least 4 members (excludes halogenated alkanes) is 1. The summed E-state index contributed by atoms with van der Waals surface area (Å²) in [5.74, 6) is 4.46. The van der Waals surface area contributed by atoms with Crippen molar-refractivity contribution in [3.05, 3.63) is 11.6 Å². The first kappa shape index (κ1) is 20.1. The van der Waals surface area contributed by atoms with Crippen molar-refractivity contribution >= 4 is 5.78 Å². The molecule has 5 unspecified atom stereocenters. The van der Waals surface area contributed by atoms with E-state index in [1.54, 1.807) is 0 Å². The van der Waals surface area contributed by atoms with Gasteiger partial charge in [-0.25, -0.2) is 0 Å². The van der Waals surface area contributed by atoms with Crippen LogP contribution in [-0.4, -0.2) is 19.5 Å². The molecule has 0 spiro atoms. The molecule has 6 atom stereocenters. The van der Waals surface area contributed by atoms with Gasteiger partial charge in [-0.2, -0.15) is 0 Å². The molecule has 2 nitrogen and oxygen atoms in total. The quantitative estimate of drug-likeness (QED) is 0.505. The summed E-state index contributed by atoms with van der Waals surface area (Å²) in [5, 5.41) is 0. The van der Waals surface area contributed by atoms with Gasteiger partial charge in [0.1, 0.15) is 0 Å². The molecule has 0 aliphatic heterocycles. The molecule has 2 fully saturated rings. The van der Waals surface area contributed by atoms with Gasteiger partial charge in [0.25, 0.3) is 0 Å². The Kier molecular flexibility index (Phi) is 6.64. The van der Waals surface area contributed by atoms with Gasteiger partial charge in [0, 0.05) is 20.1 Å². The lowest BCUT2D eigenvalue weighted by atomic mass is 9.47. The fraction of sp³-hybridized carbons (Fsp3) is 0.875. The molecule has 0 heterocycles. The highest BCUT2D eigenvalue weighted by Gasteiger charge is 2.52. The highest BCUT2D eigenvalue weighted by Crippen LogP contribution is 2.60. The van der Waals surface area contributed by atoms with Crippen LogP contribution < -0.4 is 0 Å². The number of carbonyl (C=O) groups is 1. The van der Waals surface area contributed by atoms with Gasteiger partial charge in [0.2, 0.25) is 0 Å². The Morgan fingerprint density at radius 3 is 2.69 bits per heavy atom. The summed E-state index contributed by atoms with van der Waals surface area (Å²) in [6.07, 6.45) is 14.4. The largest absolute Gasteiger partial charge is 0.385 e. The normalized spacial score (nSPS) is 39.9. The Morgan fingerprint density at radius 1 is 1.19 bits per heavy atom. The zero-order valence-electron chi connectivity index (χ0n) is 17.6. The molecule has 148 valence electrons. The maximum atomic E-state index is 12.0. The minimum absolute atomic E-state index is 0.385. The minimum atomic E-state index is 0.385. The van der Waals surface area contributed by atoms with E-state index < -0.39 is 0 Å². The topological polar surface area (TPSA) is 26.3 Å². The second-order valence-corrected chi connectivity index (χ2v) is 9.60. The molecule has 0 radical (unpaired) electrons. The van der Waals surface area contributed by atoms with Crippen molar-refractivity contribution in [3.63, 3.8) is 0 Å². The van der Waals surface area contributed by atoms with Crippen LogP contribution in [-0.2, 0) is 9.53 Å². The molecule has 0 aromatic carbocycles. The molecule has 3 aliphatic carbocycles. The van der Waals surface area contributed by atoms with Crippen LogP contribution >= 0.6 is 0 Å². The van der Waals surface area contributed by atoms with Crippen LogP contribution in [0.1, 0.15) is 85.0 Å². The van der Waals surface area contributed by atoms with E-state index >= 15 is 0 Å². The third-order valence-corrected chi connectivity index (χ3v) is 8.30. The van der Waals surface area contributed by atoms with Gasteiger partial charge in [0.05, 0.1) is 0 Å². The fourth-order valence-corrected chi connectivity index (χ4v) is 7.06. The second kappa shape index (κ2) is 8.59. The van der Waals surface area contributed by atoms with E-state index in [4.69, 9.17) is 4.74 Å². The zero-order valence-corrected chi connectivity index (χ0v) is 17.6. The van der Waals surface area contributed by atoms with Gasteiger partial charge < -0.3 is 4.74 Å². The summed E-state index contributed by atoms with van der Waals surface area (Å²) >= 11 is 0. The Labute approximate surface area is 161 Å². The second-order valence-electron chi connectivity index (χ2n) is 9.60. The molecule has 2 heteroatoms. The number of hydrogen-bond acceptors (Lipinski definition) is 2. The lowest BCUT2D eigenvalue weighted by Gasteiger charge is -2.57. The summed E-state index contributed by atoms with van der Waals surface area (Å²) in [6.45, 7) is 8.31. The first-order valence-corrected chi connectivity index (χ1v) is 11.3. The van der Waals surface area contributed by atoms with Crippen LogP contribution in [0.15, 0.2) is 11.6 Å². The van der Waals surface area contributed by atoms with E-state index in [1.165, 1.54) is 56.9 Å². The molecule has 0 aromatic heterocycles. The maximum absolute atomic E-state index is 12.0. The first-order chi connectivity index (χ1) is 12.5. The Balaban J connectivity index is 1.80. The molecule has 0 N–H and O–H groups in total. The first-order valence-electron chi connectivity index (χ1n) is 11.3. The third kappa shape index (κ3) is 3.81. The van der Waals surface area contributed by atoms with Gasteiger partial charge in [-0.05, 0) is 79.6 Å². The molecular weight excluding hydrogens is 320 g/mol. The maximum Gasteiger partial charge on any atom is 0.155 e. The van der Waals surface area contributed by atoms with E-state index in [-0.39, 0.29) is 0 Å². The number of ketones is 1. The lowest BCUT2D eigenvalue weighted by molar-refractivity contribution is -0.116. The van der Waals surface area contributed by atoms with Gasteiger partial charge in [-0.1, -0.05) is 45.6 Å². The van der Waals surface area contributed by atoms with Crippen molar-refractivity contribution in [1.82, 2.24) is 0 Å². The highest BCUT2D eigenvalue weighted by atomic mass is 16.5. The number of ether oxygens (including phenoxy) is 1. The van der Waals surface area contributed by atoms with E-state index in [1.807, 2.05) is 13.2 Å². The molecule has 3 rings (SSSR count). The number of carbonyl (C=O) groups excluding carboxylic acids is 1. The van der Waals surface area contributed by atoms with Crippen LogP contribution in [0.2, 0.25) is 0 Å². The fourth-order valence-electron chi connectivity index (χ4n) is 7.06. The predicted molar refractivity (Wildman–Crippen MR) is 108 cm³/mol.